The van der Waals surface area contributed by atoms with Crippen LogP contribution in [0.4, 0.5) is 49.3 Å². The number of likely N-dealkylation sites (tertiary alicyclic amines) is 1. The van der Waals surface area contributed by atoms with Gasteiger partial charge in [-0.1, -0.05) is 25.7 Å². The molecule has 2 saturated carbocycles. The number of carbonyl (C=O) groups is 5. The average molecular weight is 1140 g/mol. The summed E-state index contributed by atoms with van der Waals surface area (Å²) >= 11 is 0. The number of nitrogens with zero attached hydrogens (tertiary/aromatic N) is 13. The van der Waals surface area contributed by atoms with Crippen LogP contribution in [-0.2, 0) is 14.2 Å². The summed E-state index contributed by atoms with van der Waals surface area (Å²) in [4.78, 5) is 100. The lowest BCUT2D eigenvalue weighted by Crippen LogP contribution is -2.39. The molecule has 6 aliphatic rings. The molecule has 3 N–H and O–H groups in total. The Morgan fingerprint density at radius 3 is 1.55 bits per heavy atom. The highest BCUT2D eigenvalue weighted by molar-refractivity contribution is 5.99. The Kier molecular flexibility index (Phi) is 15.9. The van der Waals surface area contributed by atoms with Crippen LogP contribution in [-0.4, -0.2) is 168 Å². The molecule has 2 atom stereocenters. The van der Waals surface area contributed by atoms with Crippen LogP contribution in [0.1, 0.15) is 144 Å². The van der Waals surface area contributed by atoms with E-state index >= 15 is 0 Å². The number of carbonyl (C=O) groups excluding carboxylic acids is 5. The van der Waals surface area contributed by atoms with Gasteiger partial charge in [-0.15, -0.1) is 0 Å². The van der Waals surface area contributed by atoms with E-state index in [1.165, 1.54) is 0 Å². The van der Waals surface area contributed by atoms with Gasteiger partial charge in [-0.3, -0.25) is 19.4 Å². The molecule has 5 amide bonds. The Bertz CT molecular complexity index is 3370. The minimum atomic E-state index is -0.672. The van der Waals surface area contributed by atoms with Crippen LogP contribution in [0.2, 0.25) is 0 Å². The van der Waals surface area contributed by atoms with E-state index in [1.54, 1.807) is 83.5 Å². The summed E-state index contributed by atoms with van der Waals surface area (Å²) in [6.07, 6.45) is 18.9. The van der Waals surface area contributed by atoms with Gasteiger partial charge in [-0.2, -0.15) is 9.97 Å². The second-order valence-electron chi connectivity index (χ2n) is 24.3. The van der Waals surface area contributed by atoms with E-state index in [9.17, 15) is 24.0 Å². The Morgan fingerprint density at radius 2 is 1.10 bits per heavy atom. The maximum absolute atomic E-state index is 13.0. The van der Waals surface area contributed by atoms with Crippen molar-refractivity contribution in [1.82, 2.24) is 59.1 Å². The molecule has 4 saturated heterocycles. The number of pyridine rings is 2. The van der Waals surface area contributed by atoms with Crippen molar-refractivity contribution in [2.24, 2.45) is 0 Å². The van der Waals surface area contributed by atoms with Crippen LogP contribution in [0.15, 0.2) is 61.2 Å². The van der Waals surface area contributed by atoms with E-state index in [1.807, 2.05) is 51.1 Å². The zero-order valence-corrected chi connectivity index (χ0v) is 48.7. The first kappa shape index (κ1) is 56.7. The third-order valence-corrected chi connectivity index (χ3v) is 16.6. The monoisotopic (exact) mass is 1140 g/mol. The van der Waals surface area contributed by atoms with E-state index in [4.69, 9.17) is 24.2 Å². The second kappa shape index (κ2) is 23.2. The predicted octanol–water partition coefficient (Wildman–Crippen LogP) is 9.36. The zero-order chi connectivity index (χ0) is 58.2. The Balaban J connectivity index is 0.000000176. The average Bonchev–Trinajstić information content (AvgIpc) is 2.48. The summed E-state index contributed by atoms with van der Waals surface area (Å²) in [6, 6.07) is 11.5. The molecule has 12 rings (SSSR count). The smallest absolute Gasteiger partial charge is 0.415 e. The second-order valence-corrected chi connectivity index (χ2v) is 24.3. The molecule has 4 aliphatic heterocycles. The van der Waals surface area contributed by atoms with Gasteiger partial charge in [-0.25, -0.2) is 34.3 Å². The summed E-state index contributed by atoms with van der Waals surface area (Å²) in [6.45, 7) is 9.28. The van der Waals surface area contributed by atoms with Crippen molar-refractivity contribution < 1.29 is 38.2 Å². The van der Waals surface area contributed by atoms with E-state index in [-0.39, 0.29) is 36.1 Å². The molecule has 24 heteroatoms. The molecule has 24 nitrogen and oxygen atoms in total. The van der Waals surface area contributed by atoms with Crippen molar-refractivity contribution in [1.29, 1.82) is 0 Å². The highest BCUT2D eigenvalue weighted by Gasteiger charge is 2.48. The molecule has 6 aromatic heterocycles. The van der Waals surface area contributed by atoms with E-state index in [0.29, 0.717) is 91.7 Å². The number of amides is 5. The number of fused-ring (bicyclic) bond motifs is 2. The minimum absolute atomic E-state index is 0.0380. The lowest BCUT2D eigenvalue weighted by Gasteiger charge is -2.27. The predicted molar refractivity (Wildman–Crippen MR) is 313 cm³/mol. The summed E-state index contributed by atoms with van der Waals surface area (Å²) < 4.78 is 21.5. The van der Waals surface area contributed by atoms with Gasteiger partial charge in [0.2, 0.25) is 11.9 Å². The summed E-state index contributed by atoms with van der Waals surface area (Å²) in [5, 5.41) is 11.4. The maximum atomic E-state index is 13.0. The fraction of sp³-hybridized carbons (Fsp3) is 0.542. The molecule has 0 bridgehead atoms. The number of nitrogens with one attached hydrogen (secondary N) is 3. The number of anilines is 6. The Hall–Kier alpha value is -8.15. The van der Waals surface area contributed by atoms with Crippen molar-refractivity contribution in [2.75, 3.05) is 87.9 Å². The summed E-state index contributed by atoms with van der Waals surface area (Å²) in [5.74, 6) is 1.77. The number of rotatable bonds is 10. The number of ether oxygens (including phenoxy) is 3. The molecule has 2 aliphatic carbocycles. The molecule has 0 radical (unpaired) electrons. The lowest BCUT2D eigenvalue weighted by atomic mass is 9.95. The van der Waals surface area contributed by atoms with Crippen molar-refractivity contribution >= 4 is 87.1 Å². The molecule has 6 aromatic rings. The van der Waals surface area contributed by atoms with Crippen LogP contribution >= 0.6 is 0 Å². The molecule has 2 spiro atoms. The van der Waals surface area contributed by atoms with Crippen molar-refractivity contribution in [3.05, 3.63) is 72.6 Å². The van der Waals surface area contributed by atoms with Gasteiger partial charge in [0.25, 0.3) is 11.8 Å². The van der Waals surface area contributed by atoms with Crippen molar-refractivity contribution in [3.63, 3.8) is 0 Å². The third kappa shape index (κ3) is 12.2. The third-order valence-electron chi connectivity index (χ3n) is 16.6. The van der Waals surface area contributed by atoms with Gasteiger partial charge >= 0.3 is 18.3 Å². The van der Waals surface area contributed by atoms with Crippen LogP contribution in [0.25, 0.3) is 22.1 Å². The molecule has 6 fully saturated rings. The van der Waals surface area contributed by atoms with Crippen molar-refractivity contribution in [2.45, 2.75) is 140 Å². The van der Waals surface area contributed by atoms with Gasteiger partial charge in [0.05, 0.1) is 36.9 Å². The maximum Gasteiger partial charge on any atom is 0.415 e. The Labute approximate surface area is 482 Å². The molecule has 0 aromatic carbocycles. The van der Waals surface area contributed by atoms with E-state index in [0.717, 1.165) is 106 Å². The van der Waals surface area contributed by atoms with E-state index < -0.39 is 22.9 Å². The quantitative estimate of drug-likeness (QED) is 0.108. The highest BCUT2D eigenvalue weighted by Crippen LogP contribution is 2.40. The van der Waals surface area contributed by atoms with Crippen LogP contribution in [0.3, 0.4) is 0 Å². The molecular formula is C59H76N16O8. The molecule has 83 heavy (non-hydrogen) atoms. The van der Waals surface area contributed by atoms with Gasteiger partial charge in [0, 0.05) is 89.4 Å². The first-order valence-corrected chi connectivity index (χ1v) is 29.2. The first-order valence-electron chi connectivity index (χ1n) is 29.2. The van der Waals surface area contributed by atoms with Gasteiger partial charge in [-0.05, 0) is 122 Å². The molecule has 440 valence electrons. The fourth-order valence-corrected chi connectivity index (χ4v) is 12.4. The van der Waals surface area contributed by atoms with Crippen LogP contribution in [0.5, 0.6) is 0 Å². The largest absolute Gasteiger partial charge is 0.444 e. The summed E-state index contributed by atoms with van der Waals surface area (Å²) in [7, 11) is 7.04. The summed E-state index contributed by atoms with van der Waals surface area (Å²) in [5.41, 5.74) is 2.39. The normalized spacial score (nSPS) is 21.5. The minimum Gasteiger partial charge on any atom is -0.444 e. The van der Waals surface area contributed by atoms with Crippen LogP contribution in [0, 0.1) is 0 Å². The lowest BCUT2D eigenvalue weighted by molar-refractivity contribution is 0.0216. The van der Waals surface area contributed by atoms with E-state index in [2.05, 4.69) is 45.0 Å². The topological polar surface area (TPSA) is 253 Å². The fourth-order valence-electron chi connectivity index (χ4n) is 12.4. The Morgan fingerprint density at radius 1 is 0.614 bits per heavy atom. The number of hydrogen-bond acceptors (Lipinski definition) is 17. The first-order chi connectivity index (χ1) is 39.8. The van der Waals surface area contributed by atoms with Crippen molar-refractivity contribution in [3.8, 4) is 0 Å². The standard InChI is InChI=1S/C32H42N8O5.C27H34N8O3/c1-31(2,3)44-29(42)38-15-8-13-32(14-16-38)20-39(30(43)45-32)23-11-12-25(33-19-23)35-28-34-18-21-17-24(27(41)37(4)5)40(26(21)36-28)22-9-6-7-10-22;1-33(2)24(36)21-14-18-15-30-25(32-23(18)35(21)19-6-3-4-7-19)31-22-9-8-20(16-29-22)34-17-27(38-26(34)37)10-5-12-28-13-11-27/h11-12,17-19,22H,6-10,13-16,20H2,1-5H3,(H,33,34,35,36);8-9,14-16,19,28H,3-7,10-13,17H2,1-2H3,(H,29,30,31,32)/t32-;27-/m00/s1. The molecule has 0 unspecified atom stereocenters. The zero-order valence-electron chi connectivity index (χ0n) is 48.7. The number of hydrogen-bond donors (Lipinski definition) is 3. The van der Waals surface area contributed by atoms with Gasteiger partial charge in [0.15, 0.2) is 0 Å². The molecular weight excluding hydrogens is 1060 g/mol. The van der Waals surface area contributed by atoms with Gasteiger partial charge < -0.3 is 54.0 Å². The van der Waals surface area contributed by atoms with Gasteiger partial charge in [0.1, 0.15) is 51.1 Å². The highest BCUT2D eigenvalue weighted by atomic mass is 16.6. The molecule has 10 heterocycles. The number of aromatic nitrogens is 8. The SMILES string of the molecule is CN(C)C(=O)c1cc2cnc(Nc3ccc(N4C[C@@]5(CCCN(C(=O)OC(C)(C)C)CC5)OC4=O)cn3)nc2n1C1CCCC1.CN(C)C(=O)c1cc2cnc(Nc3ccc(N4C[C@@]5(CCCNCC5)OC4=O)cn3)nc2n1C1CCCC1. The van der Waals surface area contributed by atoms with Crippen LogP contribution < -0.4 is 25.8 Å².